The minimum absolute atomic E-state index is 0.0861. The molecule has 5 rings (SSSR count). The summed E-state index contributed by atoms with van der Waals surface area (Å²) in [7, 11) is 1.64. The first-order valence-electron chi connectivity index (χ1n) is 13.5. The zero-order chi connectivity index (χ0) is 27.0. The maximum atomic E-state index is 13.2. The summed E-state index contributed by atoms with van der Waals surface area (Å²) >= 11 is 0. The summed E-state index contributed by atoms with van der Waals surface area (Å²) in [6.07, 6.45) is 5.52. The zero-order valence-electron chi connectivity index (χ0n) is 23.0. The van der Waals surface area contributed by atoms with E-state index in [1.165, 1.54) is 0 Å². The largest absolute Gasteiger partial charge is 0.496 e. The first-order valence-corrected chi connectivity index (χ1v) is 13.5. The highest BCUT2D eigenvalue weighted by Gasteiger charge is 2.26. The standard InChI is InChI=1S/C28H38N6O4/c1-17-23-24(26(35)34(32-17)19-8-6-7-9-19)31-25(30-23)21-11-10-20(16-22(21)37-5)33-14-12-18(13-15-33)29-27(36)38-28(2,3)4/h10-11,16,18-19H,6-9,12-15H2,1-5H3,(H,29,36)(H,30,31). The normalized spacial score (nSPS) is 17.2. The Morgan fingerprint density at radius 1 is 1.13 bits per heavy atom. The molecule has 1 saturated heterocycles. The summed E-state index contributed by atoms with van der Waals surface area (Å²) in [6.45, 7) is 9.10. The number of aromatic amines is 1. The summed E-state index contributed by atoms with van der Waals surface area (Å²) in [4.78, 5) is 35.7. The molecule has 0 spiro atoms. The van der Waals surface area contributed by atoms with Crippen molar-refractivity contribution in [1.82, 2.24) is 25.1 Å². The molecular weight excluding hydrogens is 484 g/mol. The molecule has 1 aromatic carbocycles. The van der Waals surface area contributed by atoms with Crippen molar-refractivity contribution in [3.63, 3.8) is 0 Å². The number of H-pyrrole nitrogens is 1. The van der Waals surface area contributed by atoms with Gasteiger partial charge in [0.05, 0.1) is 24.4 Å². The van der Waals surface area contributed by atoms with Crippen molar-refractivity contribution in [3.05, 3.63) is 34.2 Å². The fourth-order valence-corrected chi connectivity index (χ4v) is 5.51. The van der Waals surface area contributed by atoms with Crippen molar-refractivity contribution in [3.8, 4) is 17.1 Å². The number of benzene rings is 1. The Morgan fingerprint density at radius 3 is 2.50 bits per heavy atom. The number of rotatable bonds is 5. The minimum Gasteiger partial charge on any atom is -0.496 e. The van der Waals surface area contributed by atoms with Crippen molar-refractivity contribution >= 4 is 22.8 Å². The lowest BCUT2D eigenvalue weighted by Crippen LogP contribution is -2.46. The third-order valence-electron chi connectivity index (χ3n) is 7.42. The van der Waals surface area contributed by atoms with Crippen molar-refractivity contribution in [1.29, 1.82) is 0 Å². The molecule has 10 nitrogen and oxygen atoms in total. The fourth-order valence-electron chi connectivity index (χ4n) is 5.51. The van der Waals surface area contributed by atoms with Gasteiger partial charge in [-0.3, -0.25) is 4.79 Å². The van der Waals surface area contributed by atoms with Crippen LogP contribution in [0, 0.1) is 6.92 Å². The van der Waals surface area contributed by atoms with Gasteiger partial charge in [0.1, 0.15) is 28.2 Å². The molecule has 38 heavy (non-hydrogen) atoms. The van der Waals surface area contributed by atoms with Gasteiger partial charge in [0.25, 0.3) is 5.56 Å². The quantitative estimate of drug-likeness (QED) is 0.499. The summed E-state index contributed by atoms with van der Waals surface area (Å²) in [5, 5.41) is 7.59. The van der Waals surface area contributed by atoms with E-state index < -0.39 is 5.60 Å². The van der Waals surface area contributed by atoms with Crippen LogP contribution in [0.25, 0.3) is 22.4 Å². The third kappa shape index (κ3) is 5.35. The number of carbonyl (C=O) groups excluding carboxylic acids is 1. The van der Waals surface area contributed by atoms with Crippen LogP contribution in [0.3, 0.4) is 0 Å². The second-order valence-corrected chi connectivity index (χ2v) is 11.4. The number of anilines is 1. The summed E-state index contributed by atoms with van der Waals surface area (Å²) in [5.74, 6) is 1.27. The molecule has 1 aliphatic heterocycles. The molecule has 204 valence electrons. The van der Waals surface area contributed by atoms with E-state index in [9.17, 15) is 9.59 Å². The van der Waals surface area contributed by atoms with Crippen LogP contribution in [-0.2, 0) is 4.74 Å². The predicted octanol–water partition coefficient (Wildman–Crippen LogP) is 4.71. The van der Waals surface area contributed by atoms with Crippen LogP contribution in [0.4, 0.5) is 10.5 Å². The van der Waals surface area contributed by atoms with E-state index in [1.54, 1.807) is 11.8 Å². The lowest BCUT2D eigenvalue weighted by Gasteiger charge is -2.34. The first-order chi connectivity index (χ1) is 18.1. The summed E-state index contributed by atoms with van der Waals surface area (Å²) < 4.78 is 12.8. The average Bonchev–Trinajstić information content (AvgIpc) is 3.56. The van der Waals surface area contributed by atoms with Gasteiger partial charge in [0.15, 0.2) is 0 Å². The van der Waals surface area contributed by atoms with E-state index in [0.717, 1.165) is 68.6 Å². The number of hydrogen-bond acceptors (Lipinski definition) is 7. The summed E-state index contributed by atoms with van der Waals surface area (Å²) in [5.41, 5.74) is 3.04. The molecule has 2 N–H and O–H groups in total. The minimum atomic E-state index is -0.509. The van der Waals surface area contributed by atoms with Crippen molar-refractivity contribution < 1.29 is 14.3 Å². The number of aromatic nitrogens is 4. The third-order valence-corrected chi connectivity index (χ3v) is 7.42. The number of carbonyl (C=O) groups is 1. The van der Waals surface area contributed by atoms with Crippen molar-refractivity contribution in [2.75, 3.05) is 25.1 Å². The number of imidazole rings is 1. The van der Waals surface area contributed by atoms with E-state index >= 15 is 0 Å². The second kappa shape index (κ2) is 10.3. The number of nitrogens with one attached hydrogen (secondary N) is 2. The number of piperidine rings is 1. The molecular formula is C28H38N6O4. The van der Waals surface area contributed by atoms with Gasteiger partial charge < -0.3 is 24.7 Å². The van der Waals surface area contributed by atoms with Gasteiger partial charge in [-0.05, 0) is 65.5 Å². The highest BCUT2D eigenvalue weighted by Crippen LogP contribution is 2.34. The van der Waals surface area contributed by atoms with Crippen LogP contribution in [0.2, 0.25) is 0 Å². The molecule has 2 aliphatic rings. The molecule has 0 bridgehead atoms. The monoisotopic (exact) mass is 522 g/mol. The number of alkyl carbamates (subject to hydrolysis) is 1. The SMILES string of the molecule is COc1cc(N2CCC(NC(=O)OC(C)(C)C)CC2)ccc1-c1nc2c(C)nn(C3CCCC3)c(=O)c2[nH]1. The van der Waals surface area contributed by atoms with E-state index in [1.807, 2.05) is 39.8 Å². The lowest BCUT2D eigenvalue weighted by atomic mass is 10.0. The average molecular weight is 523 g/mol. The molecule has 3 aromatic rings. The van der Waals surface area contributed by atoms with Gasteiger partial charge in [-0.1, -0.05) is 12.8 Å². The van der Waals surface area contributed by atoms with Gasteiger partial charge in [-0.25, -0.2) is 14.5 Å². The maximum absolute atomic E-state index is 13.2. The summed E-state index contributed by atoms with van der Waals surface area (Å²) in [6, 6.07) is 6.29. The van der Waals surface area contributed by atoms with Crippen LogP contribution in [0.1, 0.15) is 71.0 Å². The Bertz CT molecular complexity index is 1370. The number of methoxy groups -OCH3 is 1. The number of hydrogen-bond donors (Lipinski definition) is 2. The smallest absolute Gasteiger partial charge is 0.407 e. The van der Waals surface area contributed by atoms with Gasteiger partial charge in [-0.15, -0.1) is 0 Å². The topological polar surface area (TPSA) is 114 Å². The fraction of sp³-hybridized carbons (Fsp3) is 0.571. The number of amides is 1. The molecule has 0 radical (unpaired) electrons. The predicted molar refractivity (Wildman–Crippen MR) is 147 cm³/mol. The van der Waals surface area contributed by atoms with Crippen LogP contribution < -0.4 is 20.5 Å². The number of aryl methyl sites for hydroxylation is 1. The van der Waals surface area contributed by atoms with E-state index in [2.05, 4.69) is 26.4 Å². The Morgan fingerprint density at radius 2 is 1.84 bits per heavy atom. The van der Waals surface area contributed by atoms with Gasteiger partial charge >= 0.3 is 6.09 Å². The molecule has 0 atom stereocenters. The van der Waals surface area contributed by atoms with Crippen LogP contribution >= 0.6 is 0 Å². The Kier molecular flexibility index (Phi) is 7.07. The number of fused-ring (bicyclic) bond motifs is 1. The van der Waals surface area contributed by atoms with Gasteiger partial charge in [0.2, 0.25) is 0 Å². The molecule has 1 saturated carbocycles. The van der Waals surface area contributed by atoms with Crippen LogP contribution in [0.5, 0.6) is 5.75 Å². The van der Waals surface area contributed by atoms with Gasteiger partial charge in [0, 0.05) is 30.9 Å². The maximum Gasteiger partial charge on any atom is 0.407 e. The van der Waals surface area contributed by atoms with Crippen LogP contribution in [0.15, 0.2) is 23.0 Å². The number of nitrogens with zero attached hydrogens (tertiary/aromatic N) is 4. The Hall–Kier alpha value is -3.56. The van der Waals surface area contributed by atoms with Crippen molar-refractivity contribution in [2.24, 2.45) is 0 Å². The highest BCUT2D eigenvalue weighted by molar-refractivity contribution is 5.82. The highest BCUT2D eigenvalue weighted by atomic mass is 16.6. The second-order valence-electron chi connectivity index (χ2n) is 11.4. The number of ether oxygens (including phenoxy) is 2. The van der Waals surface area contributed by atoms with Gasteiger partial charge in [-0.2, -0.15) is 5.10 Å². The molecule has 2 fully saturated rings. The molecule has 10 heteroatoms. The molecule has 3 heterocycles. The van der Waals surface area contributed by atoms with E-state index in [-0.39, 0.29) is 23.7 Å². The first kappa shape index (κ1) is 26.1. The Balaban J connectivity index is 1.33. The molecule has 2 aromatic heterocycles. The van der Waals surface area contributed by atoms with Crippen molar-refractivity contribution in [2.45, 2.75) is 83.9 Å². The molecule has 0 unspecified atom stereocenters. The van der Waals surface area contributed by atoms with Crippen LogP contribution in [-0.4, -0.2) is 57.7 Å². The van der Waals surface area contributed by atoms with E-state index in [0.29, 0.717) is 22.6 Å². The molecule has 1 aliphatic carbocycles. The van der Waals surface area contributed by atoms with E-state index in [4.69, 9.17) is 14.5 Å². The molecule has 1 amide bonds. The lowest BCUT2D eigenvalue weighted by molar-refractivity contribution is 0.0497. The zero-order valence-corrected chi connectivity index (χ0v) is 23.0. The Labute approximate surface area is 222 Å².